The summed E-state index contributed by atoms with van der Waals surface area (Å²) in [6.45, 7) is 3.63. The fourth-order valence-electron chi connectivity index (χ4n) is 1.56. The van der Waals surface area contributed by atoms with Crippen molar-refractivity contribution in [3.8, 4) is 5.75 Å². The van der Waals surface area contributed by atoms with Gasteiger partial charge in [-0.2, -0.15) is 0 Å². The summed E-state index contributed by atoms with van der Waals surface area (Å²) in [4.78, 5) is 10.9. The molecule has 0 bridgehead atoms. The van der Waals surface area contributed by atoms with Gasteiger partial charge in [0.05, 0.1) is 5.92 Å². The molecule has 0 aliphatic carbocycles. The molecule has 0 aromatic heterocycles. The summed E-state index contributed by atoms with van der Waals surface area (Å²) in [7, 11) is 0. The van der Waals surface area contributed by atoms with Crippen molar-refractivity contribution in [3.63, 3.8) is 0 Å². The number of para-hydroxylation sites is 1. The second-order valence-corrected chi connectivity index (χ2v) is 3.72. The number of allylic oxidation sites excluding steroid dienone is 1. The summed E-state index contributed by atoms with van der Waals surface area (Å²) in [6, 6.07) is 6.92. The quantitative estimate of drug-likeness (QED) is 0.820. The van der Waals surface area contributed by atoms with E-state index in [1.165, 1.54) is 0 Å². The van der Waals surface area contributed by atoms with E-state index in [1.807, 2.05) is 13.0 Å². The van der Waals surface area contributed by atoms with Gasteiger partial charge in [0.15, 0.2) is 0 Å². The van der Waals surface area contributed by atoms with Crippen LogP contribution in [-0.4, -0.2) is 16.2 Å². The Labute approximate surface area is 95.0 Å². The van der Waals surface area contributed by atoms with E-state index >= 15 is 0 Å². The third-order valence-electron chi connectivity index (χ3n) is 2.54. The molecule has 0 aliphatic heterocycles. The molecule has 1 aromatic rings. The molecule has 3 heteroatoms. The van der Waals surface area contributed by atoms with Gasteiger partial charge in [-0.3, -0.25) is 4.79 Å². The van der Waals surface area contributed by atoms with Crippen molar-refractivity contribution in [2.75, 3.05) is 0 Å². The number of hydrogen-bond donors (Lipinski definition) is 2. The van der Waals surface area contributed by atoms with Crippen molar-refractivity contribution in [3.05, 3.63) is 35.9 Å². The van der Waals surface area contributed by atoms with Crippen molar-refractivity contribution in [1.82, 2.24) is 0 Å². The predicted molar refractivity (Wildman–Crippen MR) is 63.2 cm³/mol. The van der Waals surface area contributed by atoms with Crippen LogP contribution < -0.4 is 0 Å². The second kappa shape index (κ2) is 5.35. The maximum Gasteiger partial charge on any atom is 0.310 e. The van der Waals surface area contributed by atoms with Crippen LogP contribution in [0.25, 0.3) is 5.57 Å². The van der Waals surface area contributed by atoms with Crippen molar-refractivity contribution < 1.29 is 15.0 Å². The number of rotatable bonds is 4. The van der Waals surface area contributed by atoms with Gasteiger partial charge in [0.25, 0.3) is 0 Å². The molecule has 0 radical (unpaired) electrons. The SMILES string of the molecule is CCC(/C=C(/C)c1ccccc1O)C(=O)O. The van der Waals surface area contributed by atoms with E-state index in [-0.39, 0.29) is 5.75 Å². The number of aliphatic carboxylic acids is 1. The monoisotopic (exact) mass is 220 g/mol. The van der Waals surface area contributed by atoms with Crippen LogP contribution in [0.2, 0.25) is 0 Å². The molecule has 0 saturated carbocycles. The molecule has 1 rings (SSSR count). The Bertz CT molecular complexity index is 407. The molecule has 0 aliphatic rings. The van der Waals surface area contributed by atoms with Crippen molar-refractivity contribution >= 4 is 11.5 Å². The molecular weight excluding hydrogens is 204 g/mol. The molecule has 0 amide bonds. The Hall–Kier alpha value is -1.77. The van der Waals surface area contributed by atoms with Gasteiger partial charge in [-0.1, -0.05) is 31.2 Å². The van der Waals surface area contributed by atoms with Gasteiger partial charge in [0.2, 0.25) is 0 Å². The molecule has 3 nitrogen and oxygen atoms in total. The van der Waals surface area contributed by atoms with Crippen molar-refractivity contribution in [2.45, 2.75) is 20.3 Å². The average molecular weight is 220 g/mol. The zero-order valence-corrected chi connectivity index (χ0v) is 9.47. The first-order valence-electron chi connectivity index (χ1n) is 5.25. The zero-order valence-electron chi connectivity index (χ0n) is 9.47. The molecule has 16 heavy (non-hydrogen) atoms. The third-order valence-corrected chi connectivity index (χ3v) is 2.54. The van der Waals surface area contributed by atoms with Crippen LogP contribution in [0.15, 0.2) is 30.3 Å². The average Bonchev–Trinajstić information content (AvgIpc) is 2.25. The first-order valence-corrected chi connectivity index (χ1v) is 5.25. The Morgan fingerprint density at radius 1 is 1.44 bits per heavy atom. The summed E-state index contributed by atoms with van der Waals surface area (Å²) in [5, 5.41) is 18.5. The van der Waals surface area contributed by atoms with Crippen LogP contribution >= 0.6 is 0 Å². The highest BCUT2D eigenvalue weighted by molar-refractivity contribution is 5.77. The summed E-state index contributed by atoms with van der Waals surface area (Å²) < 4.78 is 0. The summed E-state index contributed by atoms with van der Waals surface area (Å²) in [5.74, 6) is -1.16. The number of benzene rings is 1. The lowest BCUT2D eigenvalue weighted by molar-refractivity contribution is -0.140. The second-order valence-electron chi connectivity index (χ2n) is 3.72. The largest absolute Gasteiger partial charge is 0.507 e. The maximum atomic E-state index is 10.9. The van der Waals surface area contributed by atoms with Gasteiger partial charge >= 0.3 is 5.97 Å². The third kappa shape index (κ3) is 2.86. The van der Waals surface area contributed by atoms with Gasteiger partial charge in [-0.05, 0) is 25.0 Å². The molecule has 0 heterocycles. The molecule has 86 valence electrons. The van der Waals surface area contributed by atoms with E-state index in [1.54, 1.807) is 31.2 Å². The summed E-state index contributed by atoms with van der Waals surface area (Å²) >= 11 is 0. The standard InChI is InChI=1S/C13H16O3/c1-3-10(13(15)16)8-9(2)11-6-4-5-7-12(11)14/h4-8,10,14H,3H2,1-2H3,(H,15,16)/b9-8-. The highest BCUT2D eigenvalue weighted by atomic mass is 16.4. The molecular formula is C13H16O3. The van der Waals surface area contributed by atoms with Gasteiger partial charge in [0.1, 0.15) is 5.75 Å². The molecule has 0 saturated heterocycles. The smallest absolute Gasteiger partial charge is 0.310 e. The van der Waals surface area contributed by atoms with Gasteiger partial charge in [-0.15, -0.1) is 0 Å². The number of aromatic hydroxyl groups is 1. The number of carboxylic acids is 1. The Balaban J connectivity index is 3.01. The highest BCUT2D eigenvalue weighted by Crippen LogP contribution is 2.25. The Morgan fingerprint density at radius 3 is 2.56 bits per heavy atom. The van der Waals surface area contributed by atoms with Crippen LogP contribution in [0.4, 0.5) is 0 Å². The van der Waals surface area contributed by atoms with Crippen molar-refractivity contribution in [2.24, 2.45) is 5.92 Å². The van der Waals surface area contributed by atoms with Crippen LogP contribution in [0, 0.1) is 5.92 Å². The fraction of sp³-hybridized carbons (Fsp3) is 0.308. The van der Waals surface area contributed by atoms with Gasteiger partial charge < -0.3 is 10.2 Å². The van der Waals surface area contributed by atoms with Crippen LogP contribution in [-0.2, 0) is 4.79 Å². The molecule has 2 N–H and O–H groups in total. The van der Waals surface area contributed by atoms with Gasteiger partial charge in [-0.25, -0.2) is 0 Å². The lowest BCUT2D eigenvalue weighted by atomic mass is 9.99. The van der Waals surface area contributed by atoms with Crippen LogP contribution in [0.1, 0.15) is 25.8 Å². The molecule has 0 fully saturated rings. The van der Waals surface area contributed by atoms with E-state index in [2.05, 4.69) is 0 Å². The van der Waals surface area contributed by atoms with E-state index in [4.69, 9.17) is 5.11 Å². The van der Waals surface area contributed by atoms with E-state index in [0.717, 1.165) is 5.57 Å². The lowest BCUT2D eigenvalue weighted by Gasteiger charge is -2.08. The molecule has 1 aromatic carbocycles. The number of phenolic OH excluding ortho intramolecular Hbond substituents is 1. The van der Waals surface area contributed by atoms with Crippen LogP contribution in [0.3, 0.4) is 0 Å². The van der Waals surface area contributed by atoms with Crippen LogP contribution in [0.5, 0.6) is 5.75 Å². The number of carbonyl (C=O) groups is 1. The molecule has 0 spiro atoms. The summed E-state index contributed by atoms with van der Waals surface area (Å²) in [5.41, 5.74) is 1.47. The Morgan fingerprint density at radius 2 is 2.06 bits per heavy atom. The predicted octanol–water partition coefficient (Wildman–Crippen LogP) is 2.91. The van der Waals surface area contributed by atoms with E-state index in [9.17, 15) is 9.90 Å². The first kappa shape index (κ1) is 12.3. The highest BCUT2D eigenvalue weighted by Gasteiger charge is 2.13. The molecule has 1 unspecified atom stereocenters. The number of hydrogen-bond acceptors (Lipinski definition) is 2. The Kier molecular flexibility index (Phi) is 4.11. The lowest BCUT2D eigenvalue weighted by Crippen LogP contribution is -2.09. The number of carboxylic acid groups (broad SMARTS) is 1. The zero-order chi connectivity index (χ0) is 12.1. The normalized spacial score (nSPS) is 13.5. The number of phenols is 1. The van der Waals surface area contributed by atoms with Gasteiger partial charge in [0, 0.05) is 5.56 Å². The summed E-state index contributed by atoms with van der Waals surface area (Å²) in [6.07, 6.45) is 2.22. The topological polar surface area (TPSA) is 57.5 Å². The minimum Gasteiger partial charge on any atom is -0.507 e. The van der Waals surface area contributed by atoms with Crippen molar-refractivity contribution in [1.29, 1.82) is 0 Å². The first-order chi connectivity index (χ1) is 7.56. The minimum atomic E-state index is -0.836. The molecule has 1 atom stereocenters. The van der Waals surface area contributed by atoms with E-state index in [0.29, 0.717) is 12.0 Å². The minimum absolute atomic E-state index is 0.177. The maximum absolute atomic E-state index is 10.9. The van der Waals surface area contributed by atoms with E-state index < -0.39 is 11.9 Å². The fourth-order valence-corrected chi connectivity index (χ4v) is 1.56.